The zero-order valence-corrected chi connectivity index (χ0v) is 17.1. The number of hydrogen-bond donors (Lipinski definition) is 3. The molecule has 0 bridgehead atoms. The molecule has 0 saturated heterocycles. The molecule has 29 heavy (non-hydrogen) atoms. The molecule has 0 spiro atoms. The van der Waals surface area contributed by atoms with E-state index in [1.807, 2.05) is 31.3 Å². The van der Waals surface area contributed by atoms with Gasteiger partial charge in [-0.25, -0.2) is 9.97 Å². The van der Waals surface area contributed by atoms with Crippen molar-refractivity contribution < 1.29 is 4.39 Å². The standard InChI is InChI=1S/C22H31FN6/c1-29(15-18-9-5-10-19(13-18)25-12-6-11-24)22-20(23)21(27-16-28-22)26-14-17-7-3-2-4-8-17/h5,9-11,13,16-17,24-25H,2-4,6-8,12,14-15H2,1H3,(H,26,27,28). The lowest BCUT2D eigenvalue weighted by molar-refractivity contribution is 0.373. The molecule has 3 rings (SSSR count). The van der Waals surface area contributed by atoms with E-state index in [-0.39, 0.29) is 5.82 Å². The molecule has 0 atom stereocenters. The average Bonchev–Trinajstić information content (AvgIpc) is 2.74. The molecule has 3 N–H and O–H groups in total. The minimum atomic E-state index is -0.397. The fraction of sp³-hybridized carbons (Fsp3) is 0.500. The molecular weight excluding hydrogens is 367 g/mol. The zero-order chi connectivity index (χ0) is 20.5. The van der Waals surface area contributed by atoms with Gasteiger partial charge >= 0.3 is 0 Å². The molecule has 1 aromatic carbocycles. The highest BCUT2D eigenvalue weighted by Crippen LogP contribution is 2.26. The predicted molar refractivity (Wildman–Crippen MR) is 117 cm³/mol. The Balaban J connectivity index is 1.62. The Morgan fingerprint density at radius 1 is 1.21 bits per heavy atom. The molecule has 1 aliphatic rings. The van der Waals surface area contributed by atoms with Gasteiger partial charge in [0.25, 0.3) is 0 Å². The summed E-state index contributed by atoms with van der Waals surface area (Å²) in [7, 11) is 1.84. The van der Waals surface area contributed by atoms with Crippen molar-refractivity contribution >= 4 is 23.5 Å². The van der Waals surface area contributed by atoms with E-state index in [0.717, 1.165) is 24.3 Å². The van der Waals surface area contributed by atoms with Gasteiger partial charge in [0.15, 0.2) is 11.6 Å². The molecule has 7 heteroatoms. The first-order valence-corrected chi connectivity index (χ1v) is 10.4. The van der Waals surface area contributed by atoms with Crippen molar-refractivity contribution in [1.29, 1.82) is 5.41 Å². The van der Waals surface area contributed by atoms with Crippen molar-refractivity contribution in [2.24, 2.45) is 5.92 Å². The van der Waals surface area contributed by atoms with Gasteiger partial charge in [-0.1, -0.05) is 31.4 Å². The smallest absolute Gasteiger partial charge is 0.207 e. The maximum Gasteiger partial charge on any atom is 0.207 e. The molecule has 1 heterocycles. The Morgan fingerprint density at radius 3 is 2.83 bits per heavy atom. The number of rotatable bonds is 10. The average molecular weight is 399 g/mol. The summed E-state index contributed by atoms with van der Waals surface area (Å²) in [6.07, 6.45) is 9.76. The molecular formula is C22H31FN6. The van der Waals surface area contributed by atoms with Crippen molar-refractivity contribution in [3.8, 4) is 0 Å². The Bertz CT molecular complexity index is 791. The maximum absolute atomic E-state index is 15.0. The van der Waals surface area contributed by atoms with Gasteiger partial charge in [0.1, 0.15) is 6.33 Å². The summed E-state index contributed by atoms with van der Waals surface area (Å²) in [6.45, 7) is 2.02. The van der Waals surface area contributed by atoms with E-state index >= 15 is 4.39 Å². The SMILES string of the molecule is CN(Cc1cccc(NCCC=N)c1)c1ncnc(NCC2CCCCC2)c1F. The van der Waals surface area contributed by atoms with Crippen LogP contribution in [0.2, 0.25) is 0 Å². The summed E-state index contributed by atoms with van der Waals surface area (Å²) in [5, 5.41) is 13.6. The van der Waals surface area contributed by atoms with Gasteiger partial charge in [-0.15, -0.1) is 0 Å². The quantitative estimate of drug-likeness (QED) is 0.400. The van der Waals surface area contributed by atoms with Crippen LogP contribution in [0.1, 0.15) is 44.1 Å². The molecule has 0 radical (unpaired) electrons. The van der Waals surface area contributed by atoms with E-state index in [4.69, 9.17) is 5.41 Å². The van der Waals surface area contributed by atoms with Crippen LogP contribution in [-0.4, -0.2) is 36.3 Å². The Hall–Kier alpha value is -2.70. The molecule has 1 saturated carbocycles. The Morgan fingerprint density at radius 2 is 2.03 bits per heavy atom. The van der Waals surface area contributed by atoms with Gasteiger partial charge in [-0.3, -0.25) is 0 Å². The van der Waals surface area contributed by atoms with Gasteiger partial charge in [0, 0.05) is 32.4 Å². The lowest BCUT2D eigenvalue weighted by Crippen LogP contribution is -2.22. The number of hydrogen-bond acceptors (Lipinski definition) is 6. The highest BCUT2D eigenvalue weighted by molar-refractivity contribution is 5.55. The van der Waals surface area contributed by atoms with Crippen LogP contribution in [0.4, 0.5) is 21.7 Å². The van der Waals surface area contributed by atoms with E-state index in [2.05, 4.69) is 20.6 Å². The van der Waals surface area contributed by atoms with E-state index < -0.39 is 5.82 Å². The minimum Gasteiger partial charge on any atom is -0.385 e. The molecule has 0 amide bonds. The van der Waals surface area contributed by atoms with Gasteiger partial charge in [-0.05, 0) is 49.1 Å². The highest BCUT2D eigenvalue weighted by atomic mass is 19.1. The van der Waals surface area contributed by atoms with Crippen molar-refractivity contribution in [1.82, 2.24) is 9.97 Å². The number of nitrogens with zero attached hydrogens (tertiary/aromatic N) is 3. The lowest BCUT2D eigenvalue weighted by Gasteiger charge is -2.23. The molecule has 1 aromatic heterocycles. The van der Waals surface area contributed by atoms with Gasteiger partial charge in [0.05, 0.1) is 0 Å². The second-order valence-electron chi connectivity index (χ2n) is 7.72. The van der Waals surface area contributed by atoms with Crippen LogP contribution >= 0.6 is 0 Å². The number of benzene rings is 1. The largest absolute Gasteiger partial charge is 0.385 e. The van der Waals surface area contributed by atoms with Crippen molar-refractivity contribution in [2.75, 3.05) is 35.7 Å². The van der Waals surface area contributed by atoms with Gasteiger partial charge in [-0.2, -0.15) is 4.39 Å². The van der Waals surface area contributed by atoms with E-state index in [1.54, 1.807) is 4.90 Å². The minimum absolute atomic E-state index is 0.287. The van der Waals surface area contributed by atoms with E-state index in [1.165, 1.54) is 44.6 Å². The maximum atomic E-state index is 15.0. The Kier molecular flexibility index (Phi) is 7.78. The zero-order valence-electron chi connectivity index (χ0n) is 17.1. The number of halogens is 1. The summed E-state index contributed by atoms with van der Waals surface area (Å²) in [5.41, 5.74) is 2.05. The third kappa shape index (κ3) is 6.14. The third-order valence-corrected chi connectivity index (χ3v) is 5.38. The molecule has 1 aliphatic carbocycles. The third-order valence-electron chi connectivity index (χ3n) is 5.38. The second kappa shape index (κ2) is 10.7. The van der Waals surface area contributed by atoms with Crippen molar-refractivity contribution in [2.45, 2.75) is 45.1 Å². The van der Waals surface area contributed by atoms with Crippen LogP contribution in [0.3, 0.4) is 0 Å². The van der Waals surface area contributed by atoms with Gasteiger partial charge in [0.2, 0.25) is 5.82 Å². The molecule has 156 valence electrons. The molecule has 0 aliphatic heterocycles. The number of anilines is 3. The number of aromatic nitrogens is 2. The molecule has 0 unspecified atom stereocenters. The summed E-state index contributed by atoms with van der Waals surface area (Å²) >= 11 is 0. The van der Waals surface area contributed by atoms with E-state index in [9.17, 15) is 0 Å². The summed E-state index contributed by atoms with van der Waals surface area (Å²) in [5.74, 6) is 0.788. The number of nitrogens with one attached hydrogen (secondary N) is 3. The summed E-state index contributed by atoms with van der Waals surface area (Å²) in [4.78, 5) is 10.1. The van der Waals surface area contributed by atoms with E-state index in [0.29, 0.717) is 24.7 Å². The van der Waals surface area contributed by atoms with Crippen LogP contribution in [0.25, 0.3) is 0 Å². The predicted octanol–water partition coefficient (Wildman–Crippen LogP) is 4.70. The molecule has 6 nitrogen and oxygen atoms in total. The second-order valence-corrected chi connectivity index (χ2v) is 7.72. The van der Waals surface area contributed by atoms with Crippen LogP contribution in [0, 0.1) is 17.1 Å². The summed E-state index contributed by atoms with van der Waals surface area (Å²) in [6, 6.07) is 8.02. The van der Waals surface area contributed by atoms with Gasteiger partial charge < -0.3 is 20.9 Å². The monoisotopic (exact) mass is 398 g/mol. The fourth-order valence-electron chi connectivity index (χ4n) is 3.80. The normalized spacial score (nSPS) is 14.4. The van der Waals surface area contributed by atoms with Crippen LogP contribution in [0.5, 0.6) is 0 Å². The highest BCUT2D eigenvalue weighted by Gasteiger charge is 2.18. The first-order valence-electron chi connectivity index (χ1n) is 10.4. The van der Waals surface area contributed by atoms with Crippen LogP contribution < -0.4 is 15.5 Å². The topological polar surface area (TPSA) is 76.9 Å². The van der Waals surface area contributed by atoms with Crippen LogP contribution in [0.15, 0.2) is 30.6 Å². The van der Waals surface area contributed by atoms with Crippen molar-refractivity contribution in [3.63, 3.8) is 0 Å². The molecule has 2 aromatic rings. The first-order chi connectivity index (χ1) is 14.2. The Labute approximate surface area is 172 Å². The first kappa shape index (κ1) is 21.0. The van der Waals surface area contributed by atoms with Crippen molar-refractivity contribution in [3.05, 3.63) is 42.0 Å². The van der Waals surface area contributed by atoms with Crippen LogP contribution in [-0.2, 0) is 6.54 Å². The summed E-state index contributed by atoms with van der Waals surface area (Å²) < 4.78 is 15.0. The molecule has 1 fully saturated rings. The fourth-order valence-corrected chi connectivity index (χ4v) is 3.80. The lowest BCUT2D eigenvalue weighted by atomic mass is 9.89.